The molecule has 0 aromatic heterocycles. The molecule has 1 heterocycles. The van der Waals surface area contributed by atoms with Gasteiger partial charge in [-0.3, -0.25) is 4.90 Å². The Balaban J connectivity index is 2.07. The van der Waals surface area contributed by atoms with E-state index in [1.807, 2.05) is 12.1 Å². The number of hydrogen-bond donors (Lipinski definition) is 1. The van der Waals surface area contributed by atoms with Gasteiger partial charge in [0.1, 0.15) is 5.75 Å². The van der Waals surface area contributed by atoms with E-state index in [2.05, 4.69) is 30.9 Å². The fraction of sp³-hybridized carbons (Fsp3) is 0.600. The largest absolute Gasteiger partial charge is 0.497 e. The molecule has 3 unspecified atom stereocenters. The van der Waals surface area contributed by atoms with Gasteiger partial charge in [0, 0.05) is 24.7 Å². The fourth-order valence-electron chi connectivity index (χ4n) is 2.88. The van der Waals surface area contributed by atoms with Gasteiger partial charge in [-0.05, 0) is 44.4 Å². The summed E-state index contributed by atoms with van der Waals surface area (Å²) in [6.07, 6.45) is 2.20. The first-order chi connectivity index (χ1) is 8.61. The predicted molar refractivity (Wildman–Crippen MR) is 74.8 cm³/mol. The van der Waals surface area contributed by atoms with Crippen LogP contribution >= 0.6 is 0 Å². The number of benzene rings is 1. The van der Waals surface area contributed by atoms with Crippen molar-refractivity contribution in [1.29, 1.82) is 0 Å². The predicted octanol–water partition coefficient (Wildman–Crippen LogP) is 2.57. The maximum Gasteiger partial charge on any atom is 0.118 e. The lowest BCUT2D eigenvalue weighted by atomic mass is 9.95. The number of likely N-dealkylation sites (tertiary alicyclic amines) is 1. The fourth-order valence-corrected chi connectivity index (χ4v) is 2.88. The summed E-state index contributed by atoms with van der Waals surface area (Å²) in [5, 5.41) is 0. The van der Waals surface area contributed by atoms with Crippen molar-refractivity contribution < 1.29 is 4.74 Å². The number of hydrogen-bond acceptors (Lipinski definition) is 3. The first-order valence-electron chi connectivity index (χ1n) is 6.77. The maximum atomic E-state index is 6.02. The van der Waals surface area contributed by atoms with E-state index in [0.29, 0.717) is 18.1 Å². The summed E-state index contributed by atoms with van der Waals surface area (Å²) < 4.78 is 5.20. The minimum atomic E-state index is 0.374. The van der Waals surface area contributed by atoms with Crippen LogP contribution < -0.4 is 10.5 Å². The Kier molecular flexibility index (Phi) is 4.25. The van der Waals surface area contributed by atoms with Gasteiger partial charge < -0.3 is 10.5 Å². The molecule has 18 heavy (non-hydrogen) atoms. The molecule has 3 atom stereocenters. The van der Waals surface area contributed by atoms with Crippen molar-refractivity contribution in [3.63, 3.8) is 0 Å². The van der Waals surface area contributed by atoms with E-state index < -0.39 is 0 Å². The van der Waals surface area contributed by atoms with Crippen LogP contribution in [0.3, 0.4) is 0 Å². The Hall–Kier alpha value is -1.06. The van der Waals surface area contributed by atoms with Crippen LogP contribution in [0.25, 0.3) is 0 Å². The third-order valence-corrected chi connectivity index (χ3v) is 4.06. The lowest BCUT2D eigenvalue weighted by molar-refractivity contribution is 0.104. The Morgan fingerprint density at radius 1 is 1.33 bits per heavy atom. The van der Waals surface area contributed by atoms with Gasteiger partial charge in [0.25, 0.3) is 0 Å². The summed E-state index contributed by atoms with van der Waals surface area (Å²) in [5.41, 5.74) is 7.37. The van der Waals surface area contributed by atoms with Gasteiger partial charge in [-0.1, -0.05) is 12.1 Å². The average Bonchev–Trinajstić information content (AvgIpc) is 2.38. The van der Waals surface area contributed by atoms with Crippen LogP contribution in [0, 0.1) is 0 Å². The van der Waals surface area contributed by atoms with Crippen molar-refractivity contribution in [2.45, 2.75) is 44.8 Å². The molecule has 1 aliphatic rings. The molecule has 0 radical (unpaired) electrons. The number of nitrogens with zero attached hydrogens (tertiary/aromatic N) is 1. The summed E-state index contributed by atoms with van der Waals surface area (Å²) in [6.45, 7) is 5.64. The topological polar surface area (TPSA) is 38.5 Å². The van der Waals surface area contributed by atoms with Crippen LogP contribution in [0.5, 0.6) is 5.75 Å². The van der Waals surface area contributed by atoms with E-state index in [-0.39, 0.29) is 0 Å². The lowest BCUT2D eigenvalue weighted by Gasteiger charge is -2.40. The van der Waals surface area contributed by atoms with Crippen LogP contribution in [0.15, 0.2) is 24.3 Å². The lowest BCUT2D eigenvalue weighted by Crippen LogP contribution is -2.46. The van der Waals surface area contributed by atoms with E-state index in [0.717, 1.165) is 25.1 Å². The zero-order chi connectivity index (χ0) is 13.1. The smallest absolute Gasteiger partial charge is 0.118 e. The van der Waals surface area contributed by atoms with Gasteiger partial charge in [0.15, 0.2) is 0 Å². The maximum absolute atomic E-state index is 6.02. The van der Waals surface area contributed by atoms with Gasteiger partial charge in [0.05, 0.1) is 7.11 Å². The monoisotopic (exact) mass is 248 g/mol. The van der Waals surface area contributed by atoms with Crippen molar-refractivity contribution in [2.75, 3.05) is 13.7 Å². The molecule has 0 amide bonds. The highest BCUT2D eigenvalue weighted by Crippen LogP contribution is 2.28. The highest BCUT2D eigenvalue weighted by atomic mass is 16.5. The van der Waals surface area contributed by atoms with Gasteiger partial charge >= 0.3 is 0 Å². The second kappa shape index (κ2) is 5.72. The summed E-state index contributed by atoms with van der Waals surface area (Å²) in [4.78, 5) is 2.55. The van der Waals surface area contributed by atoms with Crippen molar-refractivity contribution in [3.05, 3.63) is 29.8 Å². The Labute approximate surface area is 110 Å². The van der Waals surface area contributed by atoms with Crippen LogP contribution in [-0.4, -0.2) is 30.6 Å². The summed E-state index contributed by atoms with van der Waals surface area (Å²) in [5.74, 6) is 0.916. The molecule has 100 valence electrons. The molecular weight excluding hydrogens is 224 g/mol. The molecule has 2 rings (SSSR count). The molecule has 0 aliphatic carbocycles. The van der Waals surface area contributed by atoms with Crippen LogP contribution in [0.2, 0.25) is 0 Å². The van der Waals surface area contributed by atoms with Crippen LogP contribution in [0.4, 0.5) is 0 Å². The average molecular weight is 248 g/mol. The van der Waals surface area contributed by atoms with E-state index in [1.165, 1.54) is 5.56 Å². The molecule has 1 aliphatic heterocycles. The second-order valence-corrected chi connectivity index (χ2v) is 5.32. The van der Waals surface area contributed by atoms with E-state index >= 15 is 0 Å². The van der Waals surface area contributed by atoms with Crippen molar-refractivity contribution in [2.24, 2.45) is 5.73 Å². The molecule has 1 aromatic rings. The molecule has 2 N–H and O–H groups in total. The molecule has 3 heteroatoms. The van der Waals surface area contributed by atoms with Gasteiger partial charge in [-0.15, -0.1) is 0 Å². The van der Waals surface area contributed by atoms with Crippen molar-refractivity contribution in [3.8, 4) is 5.75 Å². The zero-order valence-corrected chi connectivity index (χ0v) is 11.6. The van der Waals surface area contributed by atoms with E-state index in [4.69, 9.17) is 10.5 Å². The van der Waals surface area contributed by atoms with Gasteiger partial charge in [-0.25, -0.2) is 0 Å². The molecule has 0 spiro atoms. The third-order valence-electron chi connectivity index (χ3n) is 4.06. The minimum Gasteiger partial charge on any atom is -0.497 e. The second-order valence-electron chi connectivity index (χ2n) is 5.32. The van der Waals surface area contributed by atoms with Crippen molar-refractivity contribution >= 4 is 0 Å². The summed E-state index contributed by atoms with van der Waals surface area (Å²) >= 11 is 0. The van der Waals surface area contributed by atoms with Gasteiger partial charge in [0.2, 0.25) is 0 Å². The number of piperidine rings is 1. The van der Waals surface area contributed by atoms with Crippen molar-refractivity contribution in [1.82, 2.24) is 4.90 Å². The van der Waals surface area contributed by atoms with Crippen LogP contribution in [0.1, 0.15) is 38.3 Å². The number of methoxy groups -OCH3 is 1. The number of rotatable bonds is 3. The number of ether oxygens (including phenoxy) is 1. The first-order valence-corrected chi connectivity index (χ1v) is 6.77. The minimum absolute atomic E-state index is 0.374. The Morgan fingerprint density at radius 3 is 2.56 bits per heavy atom. The standard InChI is InChI=1S/C15H24N2O/c1-11-10-14(16)8-9-17(11)12(2)13-4-6-15(18-3)7-5-13/h4-7,11-12,14H,8-10,16H2,1-3H3. The Morgan fingerprint density at radius 2 is 2.00 bits per heavy atom. The molecular formula is C15H24N2O. The highest BCUT2D eigenvalue weighted by Gasteiger charge is 2.27. The van der Waals surface area contributed by atoms with Crippen LogP contribution in [-0.2, 0) is 0 Å². The van der Waals surface area contributed by atoms with E-state index in [9.17, 15) is 0 Å². The zero-order valence-electron chi connectivity index (χ0n) is 11.6. The SMILES string of the molecule is COc1ccc(C(C)N2CCC(N)CC2C)cc1. The first kappa shape index (κ1) is 13.4. The highest BCUT2D eigenvalue weighted by molar-refractivity contribution is 5.29. The quantitative estimate of drug-likeness (QED) is 0.893. The Bertz CT molecular complexity index is 377. The summed E-state index contributed by atoms with van der Waals surface area (Å²) in [6, 6.07) is 9.76. The van der Waals surface area contributed by atoms with Gasteiger partial charge in [-0.2, -0.15) is 0 Å². The molecule has 0 bridgehead atoms. The number of nitrogens with two attached hydrogens (primary N) is 1. The molecule has 1 saturated heterocycles. The normalized spacial score (nSPS) is 26.9. The summed E-state index contributed by atoms with van der Waals surface area (Å²) in [7, 11) is 1.70. The molecule has 0 saturated carbocycles. The third kappa shape index (κ3) is 2.85. The molecule has 3 nitrogen and oxygen atoms in total. The molecule has 1 aromatic carbocycles. The van der Waals surface area contributed by atoms with E-state index in [1.54, 1.807) is 7.11 Å². The molecule has 1 fully saturated rings.